The molecule has 1 aliphatic rings. The molecule has 0 unspecified atom stereocenters. The molecule has 0 radical (unpaired) electrons. The van der Waals surface area contributed by atoms with Crippen LogP contribution in [0.25, 0.3) is 0 Å². The van der Waals surface area contributed by atoms with Crippen LogP contribution in [0.4, 0.5) is 8.78 Å². The fourth-order valence-electron chi connectivity index (χ4n) is 2.18. The monoisotopic (exact) mass is 278 g/mol. The van der Waals surface area contributed by atoms with E-state index in [9.17, 15) is 13.9 Å². The summed E-state index contributed by atoms with van der Waals surface area (Å²) < 4.78 is 26.5. The highest BCUT2D eigenvalue weighted by molar-refractivity contribution is 5.85. The lowest BCUT2D eigenvalue weighted by Crippen LogP contribution is -2.46. The van der Waals surface area contributed by atoms with Gasteiger partial charge in [0.25, 0.3) is 0 Å². The zero-order chi connectivity index (χ0) is 12.3. The average molecular weight is 279 g/mol. The lowest BCUT2D eigenvalue weighted by molar-refractivity contribution is 0.108. The topological polar surface area (TPSA) is 35.5 Å². The Morgan fingerprint density at radius 2 is 1.94 bits per heavy atom. The van der Waals surface area contributed by atoms with Gasteiger partial charge in [-0.25, -0.2) is 8.78 Å². The maximum Gasteiger partial charge on any atom is 0.130 e. The van der Waals surface area contributed by atoms with Crippen molar-refractivity contribution in [2.24, 2.45) is 0 Å². The molecule has 1 heterocycles. The summed E-state index contributed by atoms with van der Waals surface area (Å²) in [6.07, 6.45) is 0. The fraction of sp³-hybridized carbons (Fsp3) is 0.500. The van der Waals surface area contributed by atoms with Crippen LogP contribution in [0.2, 0.25) is 0 Å². The summed E-state index contributed by atoms with van der Waals surface area (Å²) in [5, 5.41) is 12.6. The molecule has 0 aliphatic carbocycles. The number of hydrogen-bond donors (Lipinski definition) is 2. The number of nitrogens with one attached hydrogen (secondary N) is 1. The zero-order valence-corrected chi connectivity index (χ0v) is 10.7. The number of halogens is 3. The Labute approximate surface area is 111 Å². The summed E-state index contributed by atoms with van der Waals surface area (Å²) in [6.45, 7) is 2.98. The standard InChI is InChI=1S/C12H16F2N2O.ClH/c13-9-1-2-10(11(14)7-9)12(8-17)16-5-3-15-4-6-16;/h1-2,7,12,15,17H,3-6,8H2;1H/t12-;/m0./s1. The van der Waals surface area contributed by atoms with Gasteiger partial charge in [0, 0.05) is 37.8 Å². The molecule has 0 amide bonds. The van der Waals surface area contributed by atoms with E-state index in [1.807, 2.05) is 4.90 Å². The Hall–Kier alpha value is -0.750. The number of benzene rings is 1. The normalized spacial score (nSPS) is 18.2. The van der Waals surface area contributed by atoms with E-state index in [-0.39, 0.29) is 19.0 Å². The largest absolute Gasteiger partial charge is 0.394 e. The summed E-state index contributed by atoms with van der Waals surface area (Å²) in [7, 11) is 0. The minimum absolute atomic E-state index is 0. The van der Waals surface area contributed by atoms with Gasteiger partial charge in [0.1, 0.15) is 11.6 Å². The van der Waals surface area contributed by atoms with Gasteiger partial charge in [0.15, 0.2) is 0 Å². The van der Waals surface area contributed by atoms with Crippen LogP contribution in [0.15, 0.2) is 18.2 Å². The van der Waals surface area contributed by atoms with Crippen LogP contribution in [0.5, 0.6) is 0 Å². The maximum atomic E-state index is 13.6. The van der Waals surface area contributed by atoms with Crippen molar-refractivity contribution >= 4 is 12.4 Å². The lowest BCUT2D eigenvalue weighted by atomic mass is 10.0. The van der Waals surface area contributed by atoms with Crippen molar-refractivity contribution in [3.05, 3.63) is 35.4 Å². The van der Waals surface area contributed by atoms with Crippen molar-refractivity contribution < 1.29 is 13.9 Å². The minimum Gasteiger partial charge on any atom is -0.394 e. The Morgan fingerprint density at radius 3 is 2.50 bits per heavy atom. The smallest absolute Gasteiger partial charge is 0.130 e. The van der Waals surface area contributed by atoms with Gasteiger partial charge in [-0.1, -0.05) is 6.07 Å². The number of piperazine rings is 1. The van der Waals surface area contributed by atoms with E-state index in [1.165, 1.54) is 12.1 Å². The van der Waals surface area contributed by atoms with E-state index in [0.29, 0.717) is 5.56 Å². The molecular formula is C12H17ClF2N2O. The first-order valence-electron chi connectivity index (χ1n) is 5.73. The predicted octanol–water partition coefficient (Wildman–Crippen LogP) is 1.33. The summed E-state index contributed by atoms with van der Waals surface area (Å²) in [5.74, 6) is -1.19. The lowest BCUT2D eigenvalue weighted by Gasteiger charge is -2.34. The van der Waals surface area contributed by atoms with E-state index in [1.54, 1.807) is 0 Å². The van der Waals surface area contributed by atoms with Crippen molar-refractivity contribution in [1.29, 1.82) is 0 Å². The van der Waals surface area contributed by atoms with Gasteiger partial charge in [-0.15, -0.1) is 12.4 Å². The van der Waals surface area contributed by atoms with E-state index in [4.69, 9.17) is 0 Å². The third-order valence-electron chi connectivity index (χ3n) is 3.09. The van der Waals surface area contributed by atoms with Crippen LogP contribution in [0.1, 0.15) is 11.6 Å². The molecule has 0 spiro atoms. The number of aliphatic hydroxyl groups is 1. The molecule has 3 nitrogen and oxygen atoms in total. The average Bonchev–Trinajstić information content (AvgIpc) is 2.34. The highest BCUT2D eigenvalue weighted by Gasteiger charge is 2.23. The second-order valence-corrected chi connectivity index (χ2v) is 4.15. The Kier molecular flexibility index (Phi) is 5.95. The second-order valence-electron chi connectivity index (χ2n) is 4.15. The first-order chi connectivity index (χ1) is 8.22. The quantitative estimate of drug-likeness (QED) is 0.876. The van der Waals surface area contributed by atoms with Crippen molar-refractivity contribution in [1.82, 2.24) is 10.2 Å². The van der Waals surface area contributed by atoms with Gasteiger partial charge in [-0.2, -0.15) is 0 Å². The van der Waals surface area contributed by atoms with E-state index < -0.39 is 17.7 Å². The third kappa shape index (κ3) is 3.38. The molecule has 0 aromatic heterocycles. The zero-order valence-electron chi connectivity index (χ0n) is 9.90. The fourth-order valence-corrected chi connectivity index (χ4v) is 2.18. The number of hydrogen-bond acceptors (Lipinski definition) is 3. The van der Waals surface area contributed by atoms with Crippen molar-refractivity contribution in [3.8, 4) is 0 Å². The van der Waals surface area contributed by atoms with Gasteiger partial charge in [-0.05, 0) is 6.07 Å². The summed E-state index contributed by atoms with van der Waals surface area (Å²) >= 11 is 0. The molecular weight excluding hydrogens is 262 g/mol. The van der Waals surface area contributed by atoms with Gasteiger partial charge < -0.3 is 10.4 Å². The molecule has 1 saturated heterocycles. The molecule has 1 aromatic carbocycles. The first kappa shape index (κ1) is 15.3. The molecule has 2 N–H and O–H groups in total. The van der Waals surface area contributed by atoms with E-state index in [0.717, 1.165) is 32.2 Å². The molecule has 1 atom stereocenters. The first-order valence-corrected chi connectivity index (χ1v) is 5.73. The Balaban J connectivity index is 0.00000162. The van der Waals surface area contributed by atoms with Gasteiger partial charge in [0.2, 0.25) is 0 Å². The highest BCUT2D eigenvalue weighted by atomic mass is 35.5. The molecule has 0 bridgehead atoms. The van der Waals surface area contributed by atoms with Crippen molar-refractivity contribution in [2.75, 3.05) is 32.8 Å². The Bertz CT molecular complexity index is 386. The van der Waals surface area contributed by atoms with Gasteiger partial charge in [0.05, 0.1) is 12.6 Å². The van der Waals surface area contributed by atoms with Crippen LogP contribution in [-0.4, -0.2) is 42.8 Å². The number of aliphatic hydroxyl groups excluding tert-OH is 1. The van der Waals surface area contributed by atoms with Crippen LogP contribution in [-0.2, 0) is 0 Å². The van der Waals surface area contributed by atoms with Crippen LogP contribution in [0.3, 0.4) is 0 Å². The highest BCUT2D eigenvalue weighted by Crippen LogP contribution is 2.23. The van der Waals surface area contributed by atoms with Crippen LogP contribution < -0.4 is 5.32 Å². The maximum absolute atomic E-state index is 13.6. The summed E-state index contributed by atoms with van der Waals surface area (Å²) in [4.78, 5) is 2.01. The summed E-state index contributed by atoms with van der Waals surface area (Å²) in [6, 6.07) is 3.11. The molecule has 102 valence electrons. The molecule has 6 heteroatoms. The summed E-state index contributed by atoms with van der Waals surface area (Å²) in [5.41, 5.74) is 0.357. The van der Waals surface area contributed by atoms with Gasteiger partial charge >= 0.3 is 0 Å². The van der Waals surface area contributed by atoms with E-state index in [2.05, 4.69) is 5.32 Å². The number of rotatable bonds is 3. The number of nitrogens with zero attached hydrogens (tertiary/aromatic N) is 1. The van der Waals surface area contributed by atoms with Crippen molar-refractivity contribution in [3.63, 3.8) is 0 Å². The third-order valence-corrected chi connectivity index (χ3v) is 3.09. The molecule has 18 heavy (non-hydrogen) atoms. The Morgan fingerprint density at radius 1 is 1.28 bits per heavy atom. The molecule has 1 aliphatic heterocycles. The molecule has 1 aromatic rings. The van der Waals surface area contributed by atoms with Crippen LogP contribution in [0, 0.1) is 11.6 Å². The van der Waals surface area contributed by atoms with Crippen molar-refractivity contribution in [2.45, 2.75) is 6.04 Å². The van der Waals surface area contributed by atoms with Gasteiger partial charge in [-0.3, -0.25) is 4.90 Å². The molecule has 1 fully saturated rings. The molecule has 0 saturated carbocycles. The van der Waals surface area contributed by atoms with E-state index >= 15 is 0 Å². The SMILES string of the molecule is Cl.OC[C@@H](c1ccc(F)cc1F)N1CCNCC1. The predicted molar refractivity (Wildman–Crippen MR) is 67.9 cm³/mol. The van der Waals surface area contributed by atoms with Crippen LogP contribution >= 0.6 is 12.4 Å². The minimum atomic E-state index is -0.595. The molecule has 2 rings (SSSR count). The second kappa shape index (κ2) is 6.99.